The minimum atomic E-state index is -0.277. The topological polar surface area (TPSA) is 38.3 Å². The molecule has 2 atom stereocenters. The highest BCUT2D eigenvalue weighted by Crippen LogP contribution is 2.11. The fourth-order valence-electron chi connectivity index (χ4n) is 1.13. The first-order chi connectivity index (χ1) is 5.74. The summed E-state index contributed by atoms with van der Waals surface area (Å²) in [6, 6.07) is -0.207. The first-order valence-corrected chi connectivity index (χ1v) is 4.12. The first-order valence-electron chi connectivity index (χ1n) is 4.12. The van der Waals surface area contributed by atoms with Crippen LogP contribution in [0.15, 0.2) is 0 Å². The molecule has 1 amide bonds. The second kappa shape index (κ2) is 4.13. The molecule has 0 aromatic heterocycles. The molecule has 1 rings (SSSR count). The molecule has 0 spiro atoms. The summed E-state index contributed by atoms with van der Waals surface area (Å²) < 4.78 is 5.18. The van der Waals surface area contributed by atoms with E-state index in [1.165, 1.54) is 0 Å². The van der Waals surface area contributed by atoms with Gasteiger partial charge in [-0.1, -0.05) is 5.92 Å². The van der Waals surface area contributed by atoms with Gasteiger partial charge in [0.2, 0.25) is 5.91 Å². The normalized spacial score (nSPS) is 24.5. The monoisotopic (exact) mass is 167 g/mol. The number of rotatable bonds is 2. The summed E-state index contributed by atoms with van der Waals surface area (Å²) in [5.41, 5.74) is 0. The van der Waals surface area contributed by atoms with Crippen LogP contribution in [-0.4, -0.2) is 24.7 Å². The van der Waals surface area contributed by atoms with E-state index in [9.17, 15) is 4.79 Å². The van der Waals surface area contributed by atoms with Crippen LogP contribution in [0.5, 0.6) is 0 Å². The highest BCUT2D eigenvalue weighted by Gasteiger charge is 2.23. The zero-order valence-corrected chi connectivity index (χ0v) is 7.17. The maximum absolute atomic E-state index is 11.3. The van der Waals surface area contributed by atoms with Gasteiger partial charge in [0.25, 0.3) is 0 Å². The zero-order chi connectivity index (χ0) is 8.97. The SMILES string of the molecule is C#CC(C)NC(=O)[C@H]1CCCO1. The van der Waals surface area contributed by atoms with E-state index in [1.54, 1.807) is 6.92 Å². The number of terminal acetylenes is 1. The lowest BCUT2D eigenvalue weighted by Crippen LogP contribution is -2.39. The van der Waals surface area contributed by atoms with Crippen molar-refractivity contribution in [2.24, 2.45) is 0 Å². The minimum absolute atomic E-state index is 0.0852. The van der Waals surface area contributed by atoms with Gasteiger partial charge in [-0.25, -0.2) is 0 Å². The Labute approximate surface area is 72.5 Å². The van der Waals surface area contributed by atoms with E-state index >= 15 is 0 Å². The summed E-state index contributed by atoms with van der Waals surface area (Å²) in [7, 11) is 0. The van der Waals surface area contributed by atoms with Crippen LogP contribution in [-0.2, 0) is 9.53 Å². The lowest BCUT2D eigenvalue weighted by Gasteiger charge is -2.11. The number of hydrogen-bond acceptors (Lipinski definition) is 2. The van der Waals surface area contributed by atoms with Gasteiger partial charge in [0.1, 0.15) is 6.10 Å². The maximum atomic E-state index is 11.3. The molecule has 0 saturated carbocycles. The van der Waals surface area contributed by atoms with Crippen LogP contribution in [0.3, 0.4) is 0 Å². The quantitative estimate of drug-likeness (QED) is 0.601. The number of hydrogen-bond donors (Lipinski definition) is 1. The van der Waals surface area contributed by atoms with Crippen molar-refractivity contribution in [1.82, 2.24) is 5.32 Å². The van der Waals surface area contributed by atoms with Crippen molar-refractivity contribution >= 4 is 5.91 Å². The molecule has 0 aliphatic carbocycles. The van der Waals surface area contributed by atoms with E-state index in [4.69, 9.17) is 11.2 Å². The Hall–Kier alpha value is -1.01. The summed E-state index contributed by atoms with van der Waals surface area (Å²) in [6.45, 7) is 2.45. The van der Waals surface area contributed by atoms with Crippen LogP contribution >= 0.6 is 0 Å². The van der Waals surface area contributed by atoms with Crippen molar-refractivity contribution < 1.29 is 9.53 Å². The smallest absolute Gasteiger partial charge is 0.250 e. The molecule has 0 radical (unpaired) electrons. The largest absolute Gasteiger partial charge is 0.368 e. The molecule has 0 bridgehead atoms. The molecule has 3 nitrogen and oxygen atoms in total. The van der Waals surface area contributed by atoms with Gasteiger partial charge in [-0.2, -0.15) is 0 Å². The van der Waals surface area contributed by atoms with E-state index in [0.717, 1.165) is 12.8 Å². The molecule has 12 heavy (non-hydrogen) atoms. The predicted molar refractivity (Wildman–Crippen MR) is 45.4 cm³/mol. The summed E-state index contributed by atoms with van der Waals surface area (Å²) in [5.74, 6) is 2.35. The number of ether oxygens (including phenoxy) is 1. The van der Waals surface area contributed by atoms with Crippen molar-refractivity contribution in [3.63, 3.8) is 0 Å². The molecule has 1 aliphatic heterocycles. The Bertz CT molecular complexity index is 201. The molecule has 3 heteroatoms. The van der Waals surface area contributed by atoms with Crippen LogP contribution < -0.4 is 5.32 Å². The highest BCUT2D eigenvalue weighted by molar-refractivity contribution is 5.81. The number of amides is 1. The maximum Gasteiger partial charge on any atom is 0.250 e. The summed E-state index contributed by atoms with van der Waals surface area (Å²) in [4.78, 5) is 11.3. The fraction of sp³-hybridized carbons (Fsp3) is 0.667. The van der Waals surface area contributed by atoms with Crippen LogP contribution in [0, 0.1) is 12.3 Å². The Morgan fingerprint density at radius 1 is 1.83 bits per heavy atom. The fourth-order valence-corrected chi connectivity index (χ4v) is 1.13. The predicted octanol–water partition coefficient (Wildman–Crippen LogP) is 0.303. The number of carbonyl (C=O) groups excluding carboxylic acids is 1. The molecule has 1 saturated heterocycles. The van der Waals surface area contributed by atoms with Crippen LogP contribution in [0.4, 0.5) is 0 Å². The number of carbonyl (C=O) groups is 1. The van der Waals surface area contributed by atoms with Crippen LogP contribution in [0.1, 0.15) is 19.8 Å². The van der Waals surface area contributed by atoms with Gasteiger partial charge >= 0.3 is 0 Å². The Balaban J connectivity index is 2.33. The molecular weight excluding hydrogens is 154 g/mol. The van der Waals surface area contributed by atoms with Crippen molar-refractivity contribution in [2.45, 2.75) is 31.9 Å². The third-order valence-electron chi connectivity index (χ3n) is 1.83. The summed E-state index contributed by atoms with van der Waals surface area (Å²) in [6.07, 6.45) is 6.61. The highest BCUT2D eigenvalue weighted by atomic mass is 16.5. The Morgan fingerprint density at radius 3 is 3.08 bits per heavy atom. The molecule has 1 N–H and O–H groups in total. The first kappa shape index (κ1) is 9.08. The van der Waals surface area contributed by atoms with Gasteiger partial charge in [0.05, 0.1) is 6.04 Å². The van der Waals surface area contributed by atoms with E-state index in [2.05, 4.69) is 11.2 Å². The molecular formula is C9H13NO2. The summed E-state index contributed by atoms with van der Waals surface area (Å²) in [5, 5.41) is 2.67. The van der Waals surface area contributed by atoms with E-state index in [-0.39, 0.29) is 18.1 Å². The van der Waals surface area contributed by atoms with Crippen molar-refractivity contribution in [3.8, 4) is 12.3 Å². The lowest BCUT2D eigenvalue weighted by atomic mass is 10.2. The van der Waals surface area contributed by atoms with E-state index in [0.29, 0.717) is 6.61 Å². The second-order valence-corrected chi connectivity index (χ2v) is 2.90. The van der Waals surface area contributed by atoms with Gasteiger partial charge in [-0.15, -0.1) is 6.42 Å². The summed E-state index contributed by atoms with van der Waals surface area (Å²) >= 11 is 0. The molecule has 1 fully saturated rings. The lowest BCUT2D eigenvalue weighted by molar-refractivity contribution is -0.130. The molecule has 66 valence electrons. The van der Waals surface area contributed by atoms with Crippen molar-refractivity contribution in [1.29, 1.82) is 0 Å². The Kier molecular flexibility index (Phi) is 3.12. The van der Waals surface area contributed by atoms with Gasteiger partial charge in [-0.05, 0) is 19.8 Å². The molecule has 0 aromatic carbocycles. The molecule has 1 aliphatic rings. The van der Waals surface area contributed by atoms with Crippen molar-refractivity contribution in [2.75, 3.05) is 6.61 Å². The molecule has 0 aromatic rings. The van der Waals surface area contributed by atoms with E-state index in [1.807, 2.05) is 0 Å². The van der Waals surface area contributed by atoms with Gasteiger partial charge in [0.15, 0.2) is 0 Å². The second-order valence-electron chi connectivity index (χ2n) is 2.90. The van der Waals surface area contributed by atoms with Crippen LogP contribution in [0.25, 0.3) is 0 Å². The zero-order valence-electron chi connectivity index (χ0n) is 7.17. The van der Waals surface area contributed by atoms with E-state index < -0.39 is 0 Å². The third kappa shape index (κ3) is 2.24. The third-order valence-corrected chi connectivity index (χ3v) is 1.83. The molecule has 1 heterocycles. The van der Waals surface area contributed by atoms with Crippen LogP contribution in [0.2, 0.25) is 0 Å². The van der Waals surface area contributed by atoms with Gasteiger partial charge in [-0.3, -0.25) is 4.79 Å². The molecule has 1 unspecified atom stereocenters. The number of nitrogens with one attached hydrogen (secondary N) is 1. The standard InChI is InChI=1S/C9H13NO2/c1-3-7(2)10-9(11)8-5-4-6-12-8/h1,7-8H,4-6H2,2H3,(H,10,11)/t7?,8-/m1/s1. The Morgan fingerprint density at radius 2 is 2.58 bits per heavy atom. The minimum Gasteiger partial charge on any atom is -0.368 e. The average Bonchev–Trinajstić information content (AvgIpc) is 2.56. The van der Waals surface area contributed by atoms with Gasteiger partial charge < -0.3 is 10.1 Å². The van der Waals surface area contributed by atoms with Gasteiger partial charge in [0, 0.05) is 6.61 Å². The van der Waals surface area contributed by atoms with Crippen molar-refractivity contribution in [3.05, 3.63) is 0 Å². The average molecular weight is 167 g/mol.